The zero-order valence-electron chi connectivity index (χ0n) is 8.84. The lowest BCUT2D eigenvalue weighted by Crippen LogP contribution is -2.03. The van der Waals surface area contributed by atoms with Crippen LogP contribution < -0.4 is 0 Å². The highest BCUT2D eigenvalue weighted by atomic mass is 32.1. The van der Waals surface area contributed by atoms with Crippen molar-refractivity contribution in [3.63, 3.8) is 0 Å². The first-order valence-corrected chi connectivity index (χ1v) is 5.81. The Morgan fingerprint density at radius 2 is 2.12 bits per heavy atom. The van der Waals surface area contributed by atoms with Gasteiger partial charge in [-0.15, -0.1) is 11.3 Å². The number of hydrogen-bond donors (Lipinski definition) is 0. The van der Waals surface area contributed by atoms with Crippen LogP contribution in [0.15, 0.2) is 36.5 Å². The predicted molar refractivity (Wildman–Crippen MR) is 63.5 cm³/mol. The molecule has 0 radical (unpaired) electrons. The Morgan fingerprint density at radius 3 is 2.81 bits per heavy atom. The number of carbonyl (C=O) groups is 1. The molecule has 0 aliphatic rings. The van der Waals surface area contributed by atoms with Gasteiger partial charge in [0.05, 0.1) is 11.5 Å². The monoisotopic (exact) mass is 233 g/mol. The quantitative estimate of drug-likeness (QED) is 0.765. The van der Waals surface area contributed by atoms with Gasteiger partial charge < -0.3 is 4.74 Å². The van der Waals surface area contributed by atoms with Crippen molar-refractivity contribution in [3.05, 3.63) is 41.5 Å². The summed E-state index contributed by atoms with van der Waals surface area (Å²) in [5.74, 6) is -0.352. The van der Waals surface area contributed by atoms with Gasteiger partial charge in [0, 0.05) is 6.20 Å². The van der Waals surface area contributed by atoms with E-state index in [0.717, 1.165) is 10.4 Å². The fourth-order valence-electron chi connectivity index (χ4n) is 1.30. The fraction of sp³-hybridized carbons (Fsp3) is 0.167. The summed E-state index contributed by atoms with van der Waals surface area (Å²) in [7, 11) is 0. The first kappa shape index (κ1) is 10.8. The Morgan fingerprint density at radius 1 is 1.38 bits per heavy atom. The van der Waals surface area contributed by atoms with Crippen LogP contribution in [0.25, 0.3) is 10.4 Å². The van der Waals surface area contributed by atoms with Crippen LogP contribution in [0.3, 0.4) is 0 Å². The van der Waals surface area contributed by atoms with Gasteiger partial charge in [0.2, 0.25) is 5.01 Å². The lowest BCUT2D eigenvalue weighted by Gasteiger charge is -1.96. The summed E-state index contributed by atoms with van der Waals surface area (Å²) in [5, 5.41) is 0.403. The maximum Gasteiger partial charge on any atom is 0.367 e. The van der Waals surface area contributed by atoms with Gasteiger partial charge >= 0.3 is 5.97 Å². The van der Waals surface area contributed by atoms with Crippen LogP contribution in [-0.4, -0.2) is 17.6 Å². The minimum atomic E-state index is -0.352. The van der Waals surface area contributed by atoms with Crippen LogP contribution >= 0.6 is 11.3 Å². The van der Waals surface area contributed by atoms with Gasteiger partial charge in [-0.1, -0.05) is 30.3 Å². The summed E-state index contributed by atoms with van der Waals surface area (Å²) in [5.41, 5.74) is 1.07. The van der Waals surface area contributed by atoms with Crippen molar-refractivity contribution in [2.75, 3.05) is 6.61 Å². The minimum Gasteiger partial charge on any atom is -0.461 e. The van der Waals surface area contributed by atoms with Gasteiger partial charge in [0.25, 0.3) is 0 Å². The standard InChI is InChI=1S/C12H11NO2S/c1-2-15-12(14)11-13-8-10(16-11)9-6-4-3-5-7-9/h3-8H,2H2,1H3. The van der Waals surface area contributed by atoms with E-state index in [0.29, 0.717) is 11.6 Å². The summed E-state index contributed by atoms with van der Waals surface area (Å²) in [6, 6.07) is 9.85. The average molecular weight is 233 g/mol. The molecule has 1 heterocycles. The number of thiazole rings is 1. The first-order valence-electron chi connectivity index (χ1n) is 4.99. The molecule has 0 fully saturated rings. The Labute approximate surface area is 97.7 Å². The summed E-state index contributed by atoms with van der Waals surface area (Å²) >= 11 is 1.35. The number of rotatable bonds is 3. The summed E-state index contributed by atoms with van der Waals surface area (Å²) in [4.78, 5) is 16.4. The van der Waals surface area contributed by atoms with Crippen LogP contribution in [-0.2, 0) is 4.74 Å². The van der Waals surface area contributed by atoms with E-state index >= 15 is 0 Å². The van der Waals surface area contributed by atoms with E-state index in [1.165, 1.54) is 11.3 Å². The average Bonchev–Trinajstić information content (AvgIpc) is 2.80. The molecule has 4 heteroatoms. The molecule has 0 saturated heterocycles. The highest BCUT2D eigenvalue weighted by Gasteiger charge is 2.12. The molecule has 0 N–H and O–H groups in total. The van der Waals surface area contributed by atoms with Crippen LogP contribution in [0.5, 0.6) is 0 Å². The van der Waals surface area contributed by atoms with E-state index in [1.54, 1.807) is 13.1 Å². The Bertz CT molecular complexity index is 479. The molecule has 0 saturated carbocycles. The Hall–Kier alpha value is -1.68. The molecule has 3 nitrogen and oxygen atoms in total. The van der Waals surface area contributed by atoms with Gasteiger partial charge in [0.15, 0.2) is 0 Å². The molecular formula is C12H11NO2S. The van der Waals surface area contributed by atoms with E-state index in [9.17, 15) is 4.79 Å². The number of ether oxygens (including phenoxy) is 1. The lowest BCUT2D eigenvalue weighted by molar-refractivity contribution is 0.0526. The number of benzene rings is 1. The van der Waals surface area contributed by atoms with Crippen LogP contribution in [0, 0.1) is 0 Å². The van der Waals surface area contributed by atoms with Gasteiger partial charge in [-0.2, -0.15) is 0 Å². The first-order chi connectivity index (χ1) is 7.81. The van der Waals surface area contributed by atoms with E-state index < -0.39 is 0 Å². The van der Waals surface area contributed by atoms with E-state index in [1.807, 2.05) is 30.3 Å². The van der Waals surface area contributed by atoms with Gasteiger partial charge in [-0.05, 0) is 12.5 Å². The molecule has 0 amide bonds. The van der Waals surface area contributed by atoms with E-state index in [4.69, 9.17) is 4.74 Å². The van der Waals surface area contributed by atoms with Crippen LogP contribution in [0.2, 0.25) is 0 Å². The molecule has 0 spiro atoms. The Kier molecular flexibility index (Phi) is 3.31. The molecule has 0 bridgehead atoms. The maximum absolute atomic E-state index is 11.4. The second kappa shape index (κ2) is 4.90. The molecule has 0 aliphatic carbocycles. The van der Waals surface area contributed by atoms with Crippen LogP contribution in [0.1, 0.15) is 16.7 Å². The molecule has 0 atom stereocenters. The molecule has 16 heavy (non-hydrogen) atoms. The number of nitrogens with zero attached hydrogens (tertiary/aromatic N) is 1. The van der Waals surface area contributed by atoms with Gasteiger partial charge in [-0.25, -0.2) is 9.78 Å². The molecule has 0 aliphatic heterocycles. The number of aromatic nitrogens is 1. The number of carbonyl (C=O) groups excluding carboxylic acids is 1. The van der Waals surface area contributed by atoms with Crippen molar-refractivity contribution < 1.29 is 9.53 Å². The Balaban J connectivity index is 2.23. The molecule has 2 aromatic rings. The largest absolute Gasteiger partial charge is 0.461 e. The molecule has 2 rings (SSSR count). The van der Waals surface area contributed by atoms with Crippen molar-refractivity contribution in [1.82, 2.24) is 4.98 Å². The number of esters is 1. The van der Waals surface area contributed by atoms with Gasteiger partial charge in [-0.3, -0.25) is 0 Å². The fourth-order valence-corrected chi connectivity index (χ4v) is 2.11. The van der Waals surface area contributed by atoms with Crippen molar-refractivity contribution in [2.45, 2.75) is 6.92 Å². The van der Waals surface area contributed by atoms with E-state index in [2.05, 4.69) is 4.98 Å². The number of hydrogen-bond acceptors (Lipinski definition) is 4. The normalized spacial score (nSPS) is 10.1. The SMILES string of the molecule is CCOC(=O)c1ncc(-c2ccccc2)s1. The minimum absolute atomic E-state index is 0.352. The summed E-state index contributed by atoms with van der Waals surface area (Å²) < 4.78 is 4.89. The predicted octanol–water partition coefficient (Wildman–Crippen LogP) is 2.99. The van der Waals surface area contributed by atoms with Crippen molar-refractivity contribution in [3.8, 4) is 10.4 Å². The zero-order chi connectivity index (χ0) is 11.4. The van der Waals surface area contributed by atoms with E-state index in [-0.39, 0.29) is 5.97 Å². The zero-order valence-corrected chi connectivity index (χ0v) is 9.66. The highest BCUT2D eigenvalue weighted by molar-refractivity contribution is 7.16. The van der Waals surface area contributed by atoms with Crippen molar-refractivity contribution >= 4 is 17.3 Å². The molecular weight excluding hydrogens is 222 g/mol. The summed E-state index contributed by atoms with van der Waals surface area (Å²) in [6.07, 6.45) is 1.70. The van der Waals surface area contributed by atoms with Crippen LogP contribution in [0.4, 0.5) is 0 Å². The lowest BCUT2D eigenvalue weighted by atomic mass is 10.2. The second-order valence-electron chi connectivity index (χ2n) is 3.12. The maximum atomic E-state index is 11.4. The molecule has 82 valence electrons. The third-order valence-electron chi connectivity index (χ3n) is 2.01. The second-order valence-corrected chi connectivity index (χ2v) is 4.15. The molecule has 0 unspecified atom stereocenters. The third-order valence-corrected chi connectivity index (χ3v) is 3.04. The topological polar surface area (TPSA) is 39.2 Å². The van der Waals surface area contributed by atoms with Crippen molar-refractivity contribution in [1.29, 1.82) is 0 Å². The van der Waals surface area contributed by atoms with Crippen molar-refractivity contribution in [2.24, 2.45) is 0 Å². The smallest absolute Gasteiger partial charge is 0.367 e. The van der Waals surface area contributed by atoms with Gasteiger partial charge in [0.1, 0.15) is 0 Å². The third kappa shape index (κ3) is 2.28. The molecule has 1 aromatic heterocycles. The highest BCUT2D eigenvalue weighted by Crippen LogP contribution is 2.25. The molecule has 1 aromatic carbocycles. The summed E-state index contributed by atoms with van der Waals surface area (Å²) in [6.45, 7) is 2.16.